The molecule has 0 bridgehead atoms. The summed E-state index contributed by atoms with van der Waals surface area (Å²) in [5, 5.41) is 7.36. The lowest BCUT2D eigenvalue weighted by Crippen LogP contribution is -2.33. The molecule has 0 saturated heterocycles. The number of aromatic nitrogens is 1. The van der Waals surface area contributed by atoms with Crippen molar-refractivity contribution < 1.29 is 0 Å². The van der Waals surface area contributed by atoms with Gasteiger partial charge < -0.3 is 4.90 Å². The van der Waals surface area contributed by atoms with Crippen LogP contribution in [0.4, 0.5) is 28.6 Å². The van der Waals surface area contributed by atoms with Crippen LogP contribution in [0.25, 0.3) is 44.0 Å². The number of anilines is 5. The van der Waals surface area contributed by atoms with E-state index in [1.165, 1.54) is 60.6 Å². The fraction of sp³-hybridized carbons (Fsp3) is 0.0426. The normalized spacial score (nSPS) is 14.6. The van der Waals surface area contributed by atoms with Gasteiger partial charge in [0.1, 0.15) is 5.82 Å². The molecule has 1 heterocycles. The lowest BCUT2D eigenvalue weighted by atomic mass is 9.78. The Balaban J connectivity index is 1.16. The minimum absolute atomic E-state index is 0.0286. The Kier molecular flexibility index (Phi) is 6.63. The molecule has 0 amide bonds. The molecule has 1 aromatic heterocycles. The van der Waals surface area contributed by atoms with Crippen molar-refractivity contribution in [3.63, 3.8) is 0 Å². The van der Waals surface area contributed by atoms with E-state index in [2.05, 4.69) is 186 Å². The highest BCUT2D eigenvalue weighted by Gasteiger charge is 2.32. The van der Waals surface area contributed by atoms with Gasteiger partial charge in [-0.2, -0.15) is 0 Å². The number of hydrogen-bond acceptors (Lipinski definition) is 3. The molecular weight excluding hydrogens is 607 g/mol. The van der Waals surface area contributed by atoms with Gasteiger partial charge in [0.15, 0.2) is 0 Å². The van der Waals surface area contributed by atoms with Crippen molar-refractivity contribution in [3.05, 3.63) is 193 Å². The maximum atomic E-state index is 5.03. The van der Waals surface area contributed by atoms with Gasteiger partial charge in [-0.15, -0.1) is 0 Å². The predicted octanol–water partition coefficient (Wildman–Crippen LogP) is 12.2. The van der Waals surface area contributed by atoms with Gasteiger partial charge in [-0.05, 0) is 98.8 Å². The number of fused-ring (bicyclic) bond motifs is 2. The van der Waals surface area contributed by atoms with E-state index in [4.69, 9.17) is 4.98 Å². The number of para-hydroxylation sites is 2. The highest BCUT2D eigenvalue weighted by atomic mass is 15.2. The molecule has 2 aliphatic rings. The number of benzene rings is 7. The molecule has 2 aliphatic carbocycles. The summed E-state index contributed by atoms with van der Waals surface area (Å²) in [5.74, 6) is 0.902. The van der Waals surface area contributed by atoms with Gasteiger partial charge in [-0.3, -0.25) is 4.90 Å². The largest absolute Gasteiger partial charge is 0.330 e. The van der Waals surface area contributed by atoms with Gasteiger partial charge in [0.2, 0.25) is 0 Å². The van der Waals surface area contributed by atoms with Crippen molar-refractivity contribution in [2.24, 2.45) is 0 Å². The summed E-state index contributed by atoms with van der Waals surface area (Å²) in [5.41, 5.74) is 9.87. The third kappa shape index (κ3) is 4.62. The van der Waals surface area contributed by atoms with E-state index >= 15 is 0 Å². The van der Waals surface area contributed by atoms with E-state index in [9.17, 15) is 0 Å². The maximum absolute atomic E-state index is 5.03. The Morgan fingerprint density at radius 1 is 0.560 bits per heavy atom. The molecule has 7 aromatic carbocycles. The molecule has 10 rings (SSSR count). The number of nitrogens with zero attached hydrogens (tertiary/aromatic N) is 3. The van der Waals surface area contributed by atoms with Crippen LogP contribution in [0, 0.1) is 0 Å². The number of pyridine rings is 1. The summed E-state index contributed by atoms with van der Waals surface area (Å²) in [6, 6.07) is 56.8. The molecule has 3 nitrogen and oxygen atoms in total. The van der Waals surface area contributed by atoms with Gasteiger partial charge in [0.05, 0.1) is 11.7 Å². The van der Waals surface area contributed by atoms with Crippen molar-refractivity contribution in [2.45, 2.75) is 12.5 Å². The minimum Gasteiger partial charge on any atom is -0.330 e. The Labute approximate surface area is 291 Å². The summed E-state index contributed by atoms with van der Waals surface area (Å²) < 4.78 is 0. The number of rotatable bonds is 6. The molecule has 1 unspecified atom stereocenters. The van der Waals surface area contributed by atoms with E-state index in [1.54, 1.807) is 0 Å². The molecule has 0 spiro atoms. The molecule has 3 heteroatoms. The zero-order valence-corrected chi connectivity index (χ0v) is 27.4. The molecule has 0 radical (unpaired) electrons. The van der Waals surface area contributed by atoms with Crippen LogP contribution in [0.5, 0.6) is 0 Å². The van der Waals surface area contributed by atoms with Gasteiger partial charge in [0, 0.05) is 34.0 Å². The molecule has 8 aromatic rings. The number of allylic oxidation sites excluding steroid dienone is 1. The Morgan fingerprint density at radius 2 is 1.26 bits per heavy atom. The van der Waals surface area contributed by atoms with Gasteiger partial charge in [-0.1, -0.05) is 127 Å². The first-order valence-corrected chi connectivity index (χ1v) is 17.3. The minimum atomic E-state index is 0.0286. The van der Waals surface area contributed by atoms with Crippen molar-refractivity contribution in [1.82, 2.24) is 4.98 Å². The molecule has 0 aliphatic heterocycles. The van der Waals surface area contributed by atoms with Crippen molar-refractivity contribution in [3.8, 4) is 0 Å². The third-order valence-electron chi connectivity index (χ3n) is 10.3. The topological polar surface area (TPSA) is 19.4 Å². The van der Waals surface area contributed by atoms with E-state index in [0.29, 0.717) is 0 Å². The third-order valence-corrected chi connectivity index (χ3v) is 10.3. The second-order valence-electron chi connectivity index (χ2n) is 13.2. The van der Waals surface area contributed by atoms with Crippen molar-refractivity contribution >= 4 is 72.5 Å². The molecule has 1 atom stereocenters. The highest BCUT2D eigenvalue weighted by molar-refractivity contribution is 6.10. The van der Waals surface area contributed by atoms with Crippen LogP contribution in [0.3, 0.4) is 0 Å². The fourth-order valence-electron chi connectivity index (χ4n) is 8.00. The standard InChI is InChI=1S/C47H33N3/c1-3-15-38(16-4-1)49(40-24-19-32-11-7-8-12-35(32)29-40)43-27-22-33-21-26-42-44(28-23-34-20-25-41(43)46(33)47(34)42)50(39-17-5-2-6-18-39)45-30-36-13-9-10-14-37(36)31-48-45/h1-19,21-31,43H,20H2. The van der Waals surface area contributed by atoms with Gasteiger partial charge in [0.25, 0.3) is 0 Å². The first-order valence-electron chi connectivity index (χ1n) is 17.3. The second kappa shape index (κ2) is 11.6. The average Bonchev–Trinajstić information content (AvgIpc) is 3.19. The number of hydrogen-bond donors (Lipinski definition) is 0. The van der Waals surface area contributed by atoms with Crippen LogP contribution < -0.4 is 9.80 Å². The van der Waals surface area contributed by atoms with Crippen molar-refractivity contribution in [2.75, 3.05) is 9.80 Å². The summed E-state index contributed by atoms with van der Waals surface area (Å²) in [6.45, 7) is 0. The van der Waals surface area contributed by atoms with Crippen LogP contribution in [0.1, 0.15) is 16.7 Å². The highest BCUT2D eigenvalue weighted by Crippen LogP contribution is 2.48. The summed E-state index contributed by atoms with van der Waals surface area (Å²) in [7, 11) is 0. The second-order valence-corrected chi connectivity index (χ2v) is 13.2. The van der Waals surface area contributed by atoms with Gasteiger partial charge in [-0.25, -0.2) is 4.98 Å². The molecule has 50 heavy (non-hydrogen) atoms. The molecule has 0 fully saturated rings. The zero-order valence-electron chi connectivity index (χ0n) is 27.4. The molecule has 0 N–H and O–H groups in total. The van der Waals surface area contributed by atoms with Crippen LogP contribution in [0.15, 0.2) is 176 Å². The first-order chi connectivity index (χ1) is 24.8. The summed E-state index contributed by atoms with van der Waals surface area (Å²) in [6.07, 6.45) is 10.0. The Hall–Kier alpha value is -6.45. The maximum Gasteiger partial charge on any atom is 0.138 e. The van der Waals surface area contributed by atoms with Crippen LogP contribution in [-0.2, 0) is 6.42 Å². The lowest BCUT2D eigenvalue weighted by molar-refractivity contribution is 0.951. The van der Waals surface area contributed by atoms with E-state index in [1.807, 2.05) is 6.20 Å². The van der Waals surface area contributed by atoms with Crippen LogP contribution >= 0.6 is 0 Å². The SMILES string of the molecule is C1=CC(N(c2ccccc2)c2ccc3ccccc3c2)C2=CCc3ccc(N(c4ccccc4)c4cc5ccccc5cn4)c4ccc1c2c34. The monoisotopic (exact) mass is 639 g/mol. The van der Waals surface area contributed by atoms with Crippen molar-refractivity contribution in [1.29, 1.82) is 0 Å². The summed E-state index contributed by atoms with van der Waals surface area (Å²) in [4.78, 5) is 9.84. The average molecular weight is 640 g/mol. The Morgan fingerprint density at radius 3 is 2.06 bits per heavy atom. The Bertz CT molecular complexity index is 2640. The molecule has 236 valence electrons. The van der Waals surface area contributed by atoms with Gasteiger partial charge >= 0.3 is 0 Å². The van der Waals surface area contributed by atoms with E-state index in [0.717, 1.165) is 29.0 Å². The quantitative estimate of drug-likeness (QED) is 0.180. The van der Waals surface area contributed by atoms with E-state index < -0.39 is 0 Å². The zero-order chi connectivity index (χ0) is 33.0. The predicted molar refractivity (Wildman–Crippen MR) is 211 cm³/mol. The first kappa shape index (κ1) is 28.6. The van der Waals surface area contributed by atoms with Crippen LogP contribution in [0.2, 0.25) is 0 Å². The molecular formula is C47H33N3. The molecule has 0 saturated carbocycles. The fourth-order valence-corrected chi connectivity index (χ4v) is 8.00. The van der Waals surface area contributed by atoms with E-state index in [-0.39, 0.29) is 6.04 Å². The summed E-state index contributed by atoms with van der Waals surface area (Å²) >= 11 is 0. The lowest BCUT2D eigenvalue weighted by Gasteiger charge is -2.38. The smallest absolute Gasteiger partial charge is 0.138 e. The van der Waals surface area contributed by atoms with Crippen LogP contribution in [-0.4, -0.2) is 11.0 Å².